The fourth-order valence-electron chi connectivity index (χ4n) is 2.65. The number of aliphatic imine (C=N–C) groups is 1. The molecule has 1 atom stereocenters. The van der Waals surface area contributed by atoms with Crippen LogP contribution in [-0.4, -0.2) is 69.2 Å². The Labute approximate surface area is 145 Å². The van der Waals surface area contributed by atoms with Crippen molar-refractivity contribution >= 4 is 21.9 Å². The Balaban J connectivity index is 2.65. The number of guanidine groups is 1. The zero-order valence-electron chi connectivity index (χ0n) is 15.3. The summed E-state index contributed by atoms with van der Waals surface area (Å²) in [5, 5.41) is 6.49. The summed E-state index contributed by atoms with van der Waals surface area (Å²) in [6.07, 6.45) is 2.53. The Bertz CT molecular complexity index is 559. The van der Waals surface area contributed by atoms with E-state index in [0.717, 1.165) is 19.2 Å². The highest BCUT2D eigenvalue weighted by Crippen LogP contribution is 2.10. The lowest BCUT2D eigenvalue weighted by Crippen LogP contribution is -2.48. The summed E-state index contributed by atoms with van der Waals surface area (Å²) < 4.78 is 25.4. The van der Waals surface area contributed by atoms with Crippen molar-refractivity contribution in [3.63, 3.8) is 0 Å². The zero-order chi connectivity index (χ0) is 18.4. The van der Waals surface area contributed by atoms with E-state index in [4.69, 9.17) is 0 Å². The molecule has 1 unspecified atom stereocenters. The third-order valence-electron chi connectivity index (χ3n) is 3.62. The van der Waals surface area contributed by atoms with Crippen LogP contribution in [0.4, 0.5) is 0 Å². The summed E-state index contributed by atoms with van der Waals surface area (Å²) in [4.78, 5) is 18.1. The van der Waals surface area contributed by atoms with Gasteiger partial charge in [0.25, 0.3) is 0 Å². The van der Waals surface area contributed by atoms with Gasteiger partial charge in [-0.15, -0.1) is 0 Å². The van der Waals surface area contributed by atoms with Crippen LogP contribution >= 0.6 is 0 Å². The van der Waals surface area contributed by atoms with Gasteiger partial charge in [0.2, 0.25) is 15.9 Å². The molecule has 1 aliphatic rings. The van der Waals surface area contributed by atoms with E-state index in [1.807, 2.05) is 18.7 Å². The summed E-state index contributed by atoms with van der Waals surface area (Å²) in [5.74, 6) is 0.802. The van der Waals surface area contributed by atoms with E-state index in [1.165, 1.54) is 0 Å². The molecule has 1 amide bonds. The number of carbonyl (C=O) groups is 1. The summed E-state index contributed by atoms with van der Waals surface area (Å²) >= 11 is 0. The minimum Gasteiger partial charge on any atom is -0.357 e. The SMILES string of the molecule is CCNC(=NCC(C)(C)NS(C)(=O)=O)NC1CCN(C(=O)CC)C1. The zero-order valence-corrected chi connectivity index (χ0v) is 16.2. The number of hydrogen-bond acceptors (Lipinski definition) is 4. The minimum absolute atomic E-state index is 0.157. The van der Waals surface area contributed by atoms with Gasteiger partial charge in [-0.2, -0.15) is 0 Å². The van der Waals surface area contributed by atoms with Crippen molar-refractivity contribution in [3.05, 3.63) is 0 Å². The normalized spacial score (nSPS) is 19.5. The summed E-state index contributed by atoms with van der Waals surface area (Å²) in [6.45, 7) is 9.85. The molecule has 0 aromatic heterocycles. The smallest absolute Gasteiger partial charge is 0.222 e. The molecule has 0 spiro atoms. The van der Waals surface area contributed by atoms with Crippen molar-refractivity contribution in [2.75, 3.05) is 32.4 Å². The van der Waals surface area contributed by atoms with Crippen molar-refractivity contribution in [2.45, 2.75) is 52.1 Å². The van der Waals surface area contributed by atoms with Crippen LogP contribution < -0.4 is 15.4 Å². The number of hydrogen-bond donors (Lipinski definition) is 3. The monoisotopic (exact) mass is 361 g/mol. The standard InChI is InChI=1S/C15H31N5O3S/c1-6-13(21)20-9-8-12(10-20)18-14(16-7-2)17-11-15(3,4)19-24(5,22)23/h12,19H,6-11H2,1-5H3,(H2,16,17,18). The number of nitrogens with one attached hydrogen (secondary N) is 3. The Morgan fingerprint density at radius 3 is 2.54 bits per heavy atom. The quantitative estimate of drug-likeness (QED) is 0.433. The van der Waals surface area contributed by atoms with Gasteiger partial charge in [-0.05, 0) is 27.2 Å². The highest BCUT2D eigenvalue weighted by molar-refractivity contribution is 7.88. The van der Waals surface area contributed by atoms with Gasteiger partial charge in [0, 0.05) is 37.6 Å². The van der Waals surface area contributed by atoms with Crippen LogP contribution in [0.3, 0.4) is 0 Å². The molecular formula is C15H31N5O3S. The molecule has 1 heterocycles. The van der Waals surface area contributed by atoms with E-state index < -0.39 is 15.6 Å². The number of carbonyl (C=O) groups excluding carboxylic acids is 1. The maximum Gasteiger partial charge on any atom is 0.222 e. The lowest BCUT2D eigenvalue weighted by Gasteiger charge is -2.24. The highest BCUT2D eigenvalue weighted by atomic mass is 32.2. The number of amides is 1. The largest absolute Gasteiger partial charge is 0.357 e. The Hall–Kier alpha value is -1.35. The van der Waals surface area contributed by atoms with Crippen LogP contribution in [0.5, 0.6) is 0 Å². The van der Waals surface area contributed by atoms with Crippen LogP contribution in [0.1, 0.15) is 40.5 Å². The molecule has 0 saturated carbocycles. The second-order valence-corrected chi connectivity index (χ2v) is 8.52. The molecule has 24 heavy (non-hydrogen) atoms. The molecule has 0 bridgehead atoms. The van der Waals surface area contributed by atoms with Gasteiger partial charge < -0.3 is 15.5 Å². The average molecular weight is 362 g/mol. The van der Waals surface area contributed by atoms with Crippen molar-refractivity contribution in [2.24, 2.45) is 4.99 Å². The van der Waals surface area contributed by atoms with Gasteiger partial charge in [0.1, 0.15) is 0 Å². The maximum atomic E-state index is 11.7. The molecule has 1 fully saturated rings. The fraction of sp³-hybridized carbons (Fsp3) is 0.867. The first-order chi connectivity index (χ1) is 11.1. The lowest BCUT2D eigenvalue weighted by molar-refractivity contribution is -0.129. The Kier molecular flexibility index (Phi) is 7.47. The van der Waals surface area contributed by atoms with Gasteiger partial charge >= 0.3 is 0 Å². The minimum atomic E-state index is -3.29. The summed E-state index contributed by atoms with van der Waals surface area (Å²) in [5.41, 5.74) is -0.671. The predicted octanol–water partition coefficient (Wildman–Crippen LogP) is -0.120. The van der Waals surface area contributed by atoms with Crippen molar-refractivity contribution in [1.29, 1.82) is 0 Å². The average Bonchev–Trinajstić information content (AvgIpc) is 2.90. The topological polar surface area (TPSA) is 103 Å². The summed E-state index contributed by atoms with van der Waals surface area (Å²) in [7, 11) is -3.29. The van der Waals surface area contributed by atoms with Crippen molar-refractivity contribution in [1.82, 2.24) is 20.3 Å². The van der Waals surface area contributed by atoms with Crippen LogP contribution in [0.2, 0.25) is 0 Å². The molecule has 8 nitrogen and oxygen atoms in total. The fourth-order valence-corrected chi connectivity index (χ4v) is 3.72. The summed E-state index contributed by atoms with van der Waals surface area (Å²) in [6, 6.07) is 0.157. The van der Waals surface area contributed by atoms with Gasteiger partial charge in [-0.1, -0.05) is 6.92 Å². The van der Waals surface area contributed by atoms with E-state index in [9.17, 15) is 13.2 Å². The van der Waals surface area contributed by atoms with Crippen molar-refractivity contribution < 1.29 is 13.2 Å². The molecule has 140 valence electrons. The molecular weight excluding hydrogens is 330 g/mol. The number of sulfonamides is 1. The van der Waals surface area contributed by atoms with E-state index in [0.29, 0.717) is 32.0 Å². The van der Waals surface area contributed by atoms with E-state index in [-0.39, 0.29) is 11.9 Å². The Morgan fingerprint density at radius 2 is 2.00 bits per heavy atom. The van der Waals surface area contributed by atoms with Crippen LogP contribution in [0.25, 0.3) is 0 Å². The number of nitrogens with zero attached hydrogens (tertiary/aromatic N) is 2. The second kappa shape index (κ2) is 8.66. The highest BCUT2D eigenvalue weighted by Gasteiger charge is 2.26. The molecule has 0 aromatic rings. The van der Waals surface area contributed by atoms with Gasteiger partial charge in [0.05, 0.1) is 12.8 Å². The molecule has 9 heteroatoms. The number of likely N-dealkylation sites (tertiary alicyclic amines) is 1. The number of rotatable bonds is 7. The molecule has 1 aliphatic heterocycles. The molecule has 0 aromatic carbocycles. The van der Waals surface area contributed by atoms with Crippen LogP contribution in [0.15, 0.2) is 4.99 Å². The maximum absolute atomic E-state index is 11.7. The predicted molar refractivity (Wildman–Crippen MR) is 96.4 cm³/mol. The molecule has 0 radical (unpaired) electrons. The van der Waals surface area contributed by atoms with E-state index >= 15 is 0 Å². The van der Waals surface area contributed by atoms with Crippen molar-refractivity contribution in [3.8, 4) is 0 Å². The molecule has 1 saturated heterocycles. The second-order valence-electron chi connectivity index (χ2n) is 6.78. The van der Waals surface area contributed by atoms with E-state index in [1.54, 1.807) is 13.8 Å². The van der Waals surface area contributed by atoms with E-state index in [2.05, 4.69) is 20.3 Å². The third-order valence-corrected chi connectivity index (χ3v) is 4.55. The Morgan fingerprint density at radius 1 is 1.33 bits per heavy atom. The molecule has 3 N–H and O–H groups in total. The first-order valence-corrected chi connectivity index (χ1v) is 10.3. The lowest BCUT2D eigenvalue weighted by atomic mass is 10.1. The first-order valence-electron chi connectivity index (χ1n) is 8.38. The van der Waals surface area contributed by atoms with Gasteiger partial charge in [-0.3, -0.25) is 9.79 Å². The van der Waals surface area contributed by atoms with Gasteiger partial charge in [-0.25, -0.2) is 13.1 Å². The van der Waals surface area contributed by atoms with Crippen LogP contribution in [-0.2, 0) is 14.8 Å². The first kappa shape index (κ1) is 20.7. The van der Waals surface area contributed by atoms with Crippen LogP contribution in [0, 0.1) is 0 Å². The van der Waals surface area contributed by atoms with Gasteiger partial charge in [0.15, 0.2) is 5.96 Å². The molecule has 1 rings (SSSR count). The molecule has 0 aliphatic carbocycles. The third kappa shape index (κ3) is 7.48.